The first-order valence-electron chi connectivity index (χ1n) is 9.17. The average Bonchev–Trinajstić information content (AvgIpc) is 3.20. The largest absolute Gasteiger partial charge is 0.475 e. The number of pyridine rings is 2. The van der Waals surface area contributed by atoms with E-state index in [-0.39, 0.29) is 0 Å². The molecule has 0 atom stereocenters. The summed E-state index contributed by atoms with van der Waals surface area (Å²) in [6.07, 6.45) is 6.00. The highest BCUT2D eigenvalue weighted by Gasteiger charge is 2.13. The minimum Gasteiger partial charge on any atom is -0.475 e. The lowest BCUT2D eigenvalue weighted by Crippen LogP contribution is -2.10. The summed E-state index contributed by atoms with van der Waals surface area (Å²) in [5.41, 5.74) is 7.45. The fraction of sp³-hybridized carbons (Fsp3) is 0.250. The minimum absolute atomic E-state index is 0.359. The van der Waals surface area contributed by atoms with Crippen molar-refractivity contribution >= 4 is 27.6 Å². The zero-order chi connectivity index (χ0) is 20.2. The van der Waals surface area contributed by atoms with Gasteiger partial charge in [0.05, 0.1) is 30.4 Å². The number of methoxy groups -OCH3 is 1. The number of fused-ring (bicyclic) bond motifs is 3. The molecule has 0 saturated heterocycles. The maximum atomic E-state index is 11.9. The molecule has 4 rings (SSSR count). The van der Waals surface area contributed by atoms with E-state index in [0.29, 0.717) is 43.1 Å². The van der Waals surface area contributed by atoms with Crippen LogP contribution in [0.5, 0.6) is 5.88 Å². The first kappa shape index (κ1) is 18.8. The van der Waals surface area contributed by atoms with Crippen molar-refractivity contribution in [3.63, 3.8) is 0 Å². The Morgan fingerprint density at radius 1 is 1.21 bits per heavy atom. The van der Waals surface area contributed by atoms with Gasteiger partial charge >= 0.3 is 5.97 Å². The molecule has 0 aliphatic rings. The third-order valence-corrected chi connectivity index (χ3v) is 4.53. The molecule has 0 radical (unpaired) electrons. The first-order valence-corrected chi connectivity index (χ1v) is 9.17. The van der Waals surface area contributed by atoms with Gasteiger partial charge in [-0.3, -0.25) is 4.98 Å². The van der Waals surface area contributed by atoms with Gasteiger partial charge in [0.15, 0.2) is 0 Å². The van der Waals surface area contributed by atoms with Crippen LogP contribution in [0.2, 0.25) is 0 Å². The van der Waals surface area contributed by atoms with Gasteiger partial charge in [-0.15, -0.1) is 5.10 Å². The lowest BCUT2D eigenvalue weighted by atomic mass is 10.1. The van der Waals surface area contributed by atoms with Gasteiger partial charge in [-0.05, 0) is 24.7 Å². The molecule has 29 heavy (non-hydrogen) atoms. The second kappa shape index (κ2) is 8.19. The molecule has 0 bridgehead atoms. The zero-order valence-corrected chi connectivity index (χ0v) is 15.9. The van der Waals surface area contributed by atoms with Crippen LogP contribution in [0.1, 0.15) is 16.1 Å². The standard InChI is InChI=1S/C20H20N6O3/c1-28-20(27)13-2-3-15-17-11-22-7-5-16(17)19(23-18(15)10-13)29-9-8-26-12-14(4-6-21)24-25-26/h2-3,5,7,10-12H,4,6,8-9,21H2,1H3. The summed E-state index contributed by atoms with van der Waals surface area (Å²) < 4.78 is 12.5. The van der Waals surface area contributed by atoms with E-state index >= 15 is 0 Å². The van der Waals surface area contributed by atoms with E-state index in [4.69, 9.17) is 15.2 Å². The Balaban J connectivity index is 1.63. The molecule has 0 unspecified atom stereocenters. The van der Waals surface area contributed by atoms with E-state index < -0.39 is 5.97 Å². The topological polar surface area (TPSA) is 118 Å². The van der Waals surface area contributed by atoms with E-state index in [1.807, 2.05) is 18.3 Å². The maximum Gasteiger partial charge on any atom is 0.337 e. The van der Waals surface area contributed by atoms with Crippen molar-refractivity contribution in [2.45, 2.75) is 13.0 Å². The molecule has 148 valence electrons. The molecule has 0 aliphatic carbocycles. The van der Waals surface area contributed by atoms with Crippen LogP contribution in [-0.2, 0) is 17.7 Å². The van der Waals surface area contributed by atoms with Gasteiger partial charge in [-0.25, -0.2) is 14.5 Å². The van der Waals surface area contributed by atoms with Crippen molar-refractivity contribution in [2.24, 2.45) is 5.73 Å². The SMILES string of the molecule is COC(=O)c1ccc2c(c1)nc(OCCn1cc(CCN)nn1)c1ccncc12. The maximum absolute atomic E-state index is 11.9. The number of esters is 1. The van der Waals surface area contributed by atoms with Gasteiger partial charge in [0.2, 0.25) is 5.88 Å². The fourth-order valence-corrected chi connectivity index (χ4v) is 3.12. The monoisotopic (exact) mass is 392 g/mol. The summed E-state index contributed by atoms with van der Waals surface area (Å²) in [5, 5.41) is 10.8. The van der Waals surface area contributed by atoms with Crippen molar-refractivity contribution in [2.75, 3.05) is 20.3 Å². The summed E-state index contributed by atoms with van der Waals surface area (Å²) in [5.74, 6) is 0.0566. The number of carbonyl (C=O) groups is 1. The van der Waals surface area contributed by atoms with Crippen LogP contribution < -0.4 is 10.5 Å². The van der Waals surface area contributed by atoms with Gasteiger partial charge in [0.25, 0.3) is 0 Å². The summed E-state index contributed by atoms with van der Waals surface area (Å²) in [6, 6.07) is 7.11. The van der Waals surface area contributed by atoms with E-state index in [0.717, 1.165) is 21.9 Å². The van der Waals surface area contributed by atoms with Crippen LogP contribution in [0.15, 0.2) is 42.9 Å². The van der Waals surface area contributed by atoms with Gasteiger partial charge < -0.3 is 15.2 Å². The van der Waals surface area contributed by atoms with Crippen molar-refractivity contribution in [1.82, 2.24) is 25.0 Å². The lowest BCUT2D eigenvalue weighted by Gasteiger charge is -2.11. The Bertz CT molecular complexity index is 1170. The molecule has 1 aromatic carbocycles. The molecule has 0 aliphatic heterocycles. The average molecular weight is 392 g/mol. The van der Waals surface area contributed by atoms with E-state index in [9.17, 15) is 4.79 Å². The number of hydrogen-bond acceptors (Lipinski definition) is 8. The van der Waals surface area contributed by atoms with Crippen molar-refractivity contribution < 1.29 is 14.3 Å². The molecule has 3 heterocycles. The molecule has 3 aromatic heterocycles. The number of hydrogen-bond donors (Lipinski definition) is 1. The van der Waals surface area contributed by atoms with Crippen LogP contribution in [0.4, 0.5) is 0 Å². The Hall–Kier alpha value is -3.59. The van der Waals surface area contributed by atoms with Crippen molar-refractivity contribution in [1.29, 1.82) is 0 Å². The predicted molar refractivity (Wildman–Crippen MR) is 107 cm³/mol. The van der Waals surface area contributed by atoms with Gasteiger partial charge in [0.1, 0.15) is 6.61 Å². The highest BCUT2D eigenvalue weighted by Crippen LogP contribution is 2.30. The Morgan fingerprint density at radius 3 is 2.93 bits per heavy atom. The molecule has 2 N–H and O–H groups in total. The Labute approximate surface area is 166 Å². The molecule has 0 saturated carbocycles. The number of nitrogens with two attached hydrogens (primary N) is 1. The molecule has 9 heteroatoms. The lowest BCUT2D eigenvalue weighted by molar-refractivity contribution is 0.0601. The number of nitrogens with zero attached hydrogens (tertiary/aromatic N) is 5. The normalized spacial score (nSPS) is 11.1. The highest BCUT2D eigenvalue weighted by molar-refractivity contribution is 6.08. The fourth-order valence-electron chi connectivity index (χ4n) is 3.12. The number of aromatic nitrogens is 5. The van der Waals surface area contributed by atoms with Crippen molar-refractivity contribution in [3.8, 4) is 5.88 Å². The van der Waals surface area contributed by atoms with Gasteiger partial charge in [0, 0.05) is 41.2 Å². The van der Waals surface area contributed by atoms with E-state index in [1.165, 1.54) is 7.11 Å². The second-order valence-electron chi connectivity index (χ2n) is 6.42. The molecule has 0 amide bonds. The second-order valence-corrected chi connectivity index (χ2v) is 6.42. The van der Waals surface area contributed by atoms with Crippen LogP contribution in [0.25, 0.3) is 21.7 Å². The van der Waals surface area contributed by atoms with Gasteiger partial charge in [-0.1, -0.05) is 11.3 Å². The number of benzene rings is 1. The van der Waals surface area contributed by atoms with Crippen LogP contribution in [0.3, 0.4) is 0 Å². The molecular weight excluding hydrogens is 372 g/mol. The van der Waals surface area contributed by atoms with Crippen LogP contribution in [0, 0.1) is 0 Å². The summed E-state index contributed by atoms with van der Waals surface area (Å²) in [4.78, 5) is 20.7. The molecule has 0 spiro atoms. The first-order chi connectivity index (χ1) is 14.2. The quantitative estimate of drug-likeness (QED) is 0.373. The number of ether oxygens (including phenoxy) is 2. The van der Waals surface area contributed by atoms with Gasteiger partial charge in [-0.2, -0.15) is 0 Å². The third-order valence-electron chi connectivity index (χ3n) is 4.53. The Morgan fingerprint density at radius 2 is 2.10 bits per heavy atom. The van der Waals surface area contributed by atoms with Crippen LogP contribution in [-0.4, -0.2) is 51.2 Å². The smallest absolute Gasteiger partial charge is 0.337 e. The van der Waals surface area contributed by atoms with E-state index in [1.54, 1.807) is 29.2 Å². The summed E-state index contributed by atoms with van der Waals surface area (Å²) in [7, 11) is 1.35. The molecule has 0 fully saturated rings. The zero-order valence-electron chi connectivity index (χ0n) is 15.9. The third kappa shape index (κ3) is 3.85. The number of rotatable bonds is 7. The number of carbonyl (C=O) groups excluding carboxylic acids is 1. The predicted octanol–water partition coefficient (Wildman–Crippen LogP) is 1.74. The summed E-state index contributed by atoms with van der Waals surface area (Å²) in [6.45, 7) is 1.41. The molecular formula is C20H20N6O3. The summed E-state index contributed by atoms with van der Waals surface area (Å²) >= 11 is 0. The van der Waals surface area contributed by atoms with Crippen LogP contribution >= 0.6 is 0 Å². The molecule has 9 nitrogen and oxygen atoms in total. The van der Waals surface area contributed by atoms with E-state index in [2.05, 4.69) is 20.3 Å². The molecule has 4 aromatic rings. The Kier molecular flexibility index (Phi) is 5.30. The van der Waals surface area contributed by atoms with Crippen molar-refractivity contribution in [3.05, 3.63) is 54.1 Å². The minimum atomic E-state index is -0.415. The highest BCUT2D eigenvalue weighted by atomic mass is 16.5.